The van der Waals surface area contributed by atoms with Crippen LogP contribution >= 0.6 is 0 Å². The molecule has 6 nitrogen and oxygen atoms in total. The minimum Gasteiger partial charge on any atom is -0.480 e. The van der Waals surface area contributed by atoms with Gasteiger partial charge in [0.1, 0.15) is 11.6 Å². The second-order valence-electron chi connectivity index (χ2n) is 6.21. The van der Waals surface area contributed by atoms with Gasteiger partial charge in [0.15, 0.2) is 0 Å². The molecule has 0 saturated heterocycles. The molecule has 0 fully saturated rings. The van der Waals surface area contributed by atoms with Crippen LogP contribution in [0.1, 0.15) is 26.3 Å². The average Bonchev–Trinajstić information content (AvgIpc) is 2.79. The van der Waals surface area contributed by atoms with E-state index in [1.165, 1.54) is 4.57 Å². The van der Waals surface area contributed by atoms with Crippen LogP contribution in [0.3, 0.4) is 0 Å². The number of nitrogens with two attached hydrogens (primary N) is 1. The van der Waals surface area contributed by atoms with Gasteiger partial charge in [-0.3, -0.25) is 9.36 Å². The molecule has 1 heterocycles. The van der Waals surface area contributed by atoms with Crippen LogP contribution in [-0.2, 0) is 16.0 Å². The number of fused-ring (bicyclic) bond motifs is 1. The van der Waals surface area contributed by atoms with Crippen molar-refractivity contribution in [3.63, 3.8) is 0 Å². The van der Waals surface area contributed by atoms with E-state index in [0.717, 1.165) is 10.9 Å². The Kier molecular flexibility index (Phi) is 4.23. The Morgan fingerprint density at radius 3 is 2.59 bits per heavy atom. The highest BCUT2D eigenvalue weighted by Gasteiger charge is 2.19. The molecule has 0 aliphatic carbocycles. The zero-order valence-corrected chi connectivity index (χ0v) is 12.9. The van der Waals surface area contributed by atoms with Crippen molar-refractivity contribution in [3.8, 4) is 0 Å². The lowest BCUT2D eigenvalue weighted by molar-refractivity contribution is -0.138. The van der Waals surface area contributed by atoms with E-state index in [4.69, 9.17) is 15.6 Å². The van der Waals surface area contributed by atoms with Crippen LogP contribution in [0.2, 0.25) is 0 Å². The number of hydrogen-bond donors (Lipinski definition) is 2. The molecule has 118 valence electrons. The van der Waals surface area contributed by atoms with Crippen LogP contribution in [-0.4, -0.2) is 33.4 Å². The van der Waals surface area contributed by atoms with Crippen molar-refractivity contribution in [2.75, 3.05) is 0 Å². The number of rotatable bonds is 3. The average molecular weight is 304 g/mol. The van der Waals surface area contributed by atoms with E-state index in [0.29, 0.717) is 5.52 Å². The third kappa shape index (κ3) is 3.65. The molecule has 1 aromatic heterocycles. The fraction of sp³-hybridized carbons (Fsp3) is 0.375. The summed E-state index contributed by atoms with van der Waals surface area (Å²) in [7, 11) is 0. The van der Waals surface area contributed by atoms with Gasteiger partial charge in [0, 0.05) is 11.6 Å². The van der Waals surface area contributed by atoms with Gasteiger partial charge >= 0.3 is 12.1 Å². The summed E-state index contributed by atoms with van der Waals surface area (Å²) in [6.45, 7) is 5.40. The Labute approximate surface area is 128 Å². The van der Waals surface area contributed by atoms with Gasteiger partial charge in [-0.2, -0.15) is 0 Å². The first-order valence-electron chi connectivity index (χ1n) is 6.99. The molecule has 1 atom stereocenters. The molecule has 0 spiro atoms. The number of carboxylic acid groups (broad SMARTS) is 1. The van der Waals surface area contributed by atoms with Crippen LogP contribution in [0.4, 0.5) is 4.79 Å². The highest BCUT2D eigenvalue weighted by molar-refractivity contribution is 5.90. The van der Waals surface area contributed by atoms with Crippen molar-refractivity contribution < 1.29 is 19.4 Å². The molecule has 0 aliphatic rings. The summed E-state index contributed by atoms with van der Waals surface area (Å²) in [6.07, 6.45) is 1.37. The Morgan fingerprint density at radius 1 is 1.32 bits per heavy atom. The van der Waals surface area contributed by atoms with Crippen molar-refractivity contribution in [1.29, 1.82) is 0 Å². The van der Waals surface area contributed by atoms with Gasteiger partial charge in [-0.25, -0.2) is 4.79 Å². The van der Waals surface area contributed by atoms with Gasteiger partial charge in [0.05, 0.1) is 5.52 Å². The number of ether oxygens (including phenoxy) is 1. The molecule has 0 aliphatic heterocycles. The lowest BCUT2D eigenvalue weighted by atomic mass is 10.1. The summed E-state index contributed by atoms with van der Waals surface area (Å²) in [4.78, 5) is 23.0. The Morgan fingerprint density at radius 2 is 2.00 bits per heavy atom. The van der Waals surface area contributed by atoms with Gasteiger partial charge in [0.25, 0.3) is 0 Å². The van der Waals surface area contributed by atoms with Crippen molar-refractivity contribution in [2.45, 2.75) is 38.8 Å². The minimum absolute atomic E-state index is 0.199. The molecule has 6 heteroatoms. The van der Waals surface area contributed by atoms with Crippen molar-refractivity contribution in [2.24, 2.45) is 5.73 Å². The second kappa shape index (κ2) is 5.81. The van der Waals surface area contributed by atoms with E-state index in [2.05, 4.69) is 0 Å². The number of carbonyl (C=O) groups excluding carboxylic acids is 1. The van der Waals surface area contributed by atoms with E-state index < -0.39 is 23.7 Å². The lowest BCUT2D eigenvalue weighted by Crippen LogP contribution is -2.32. The Bertz CT molecular complexity index is 712. The monoisotopic (exact) mass is 304 g/mol. The number of aliphatic carboxylic acids is 1. The number of hydrogen-bond acceptors (Lipinski definition) is 4. The van der Waals surface area contributed by atoms with E-state index >= 15 is 0 Å². The fourth-order valence-electron chi connectivity index (χ4n) is 2.11. The van der Waals surface area contributed by atoms with Crippen LogP contribution in [0, 0.1) is 0 Å². The largest absolute Gasteiger partial charge is 0.480 e. The van der Waals surface area contributed by atoms with Crippen molar-refractivity contribution >= 4 is 23.0 Å². The maximum atomic E-state index is 12.2. The summed E-state index contributed by atoms with van der Waals surface area (Å²) < 4.78 is 6.77. The lowest BCUT2D eigenvalue weighted by Gasteiger charge is -2.19. The minimum atomic E-state index is -1.05. The van der Waals surface area contributed by atoms with Crippen molar-refractivity contribution in [3.05, 3.63) is 36.0 Å². The molecule has 0 saturated carbocycles. The molecule has 2 aromatic rings. The Balaban J connectivity index is 2.33. The number of benzene rings is 1. The van der Waals surface area contributed by atoms with E-state index in [1.807, 2.05) is 12.1 Å². The third-order valence-electron chi connectivity index (χ3n) is 3.12. The quantitative estimate of drug-likeness (QED) is 0.907. The summed E-state index contributed by atoms with van der Waals surface area (Å²) in [5.41, 5.74) is 6.39. The second-order valence-corrected chi connectivity index (χ2v) is 6.21. The first-order chi connectivity index (χ1) is 10.2. The van der Waals surface area contributed by atoms with E-state index in [9.17, 15) is 9.59 Å². The summed E-state index contributed by atoms with van der Waals surface area (Å²) >= 11 is 0. The molecule has 0 radical (unpaired) electrons. The molecule has 1 aromatic carbocycles. The number of nitrogens with zero attached hydrogens (tertiary/aromatic N) is 1. The maximum absolute atomic E-state index is 12.2. The molecule has 0 unspecified atom stereocenters. The number of carboxylic acids is 1. The van der Waals surface area contributed by atoms with Gasteiger partial charge in [0.2, 0.25) is 0 Å². The SMILES string of the molecule is CC(C)(C)OC(=O)n1ccc2ccc(C[C@H](N)C(=O)O)cc21. The topological polar surface area (TPSA) is 94.5 Å². The molecular weight excluding hydrogens is 284 g/mol. The van der Waals surface area contributed by atoms with Gasteiger partial charge in [-0.1, -0.05) is 12.1 Å². The highest BCUT2D eigenvalue weighted by Crippen LogP contribution is 2.20. The first kappa shape index (κ1) is 16.0. The van der Waals surface area contributed by atoms with E-state index in [-0.39, 0.29) is 6.42 Å². The van der Waals surface area contributed by atoms with Gasteiger partial charge in [-0.05, 0) is 44.9 Å². The zero-order valence-electron chi connectivity index (χ0n) is 12.9. The van der Waals surface area contributed by atoms with E-state index in [1.54, 1.807) is 39.1 Å². The fourth-order valence-corrected chi connectivity index (χ4v) is 2.11. The van der Waals surface area contributed by atoms with Crippen LogP contribution in [0.15, 0.2) is 30.5 Å². The van der Waals surface area contributed by atoms with Gasteiger partial charge < -0.3 is 15.6 Å². The van der Waals surface area contributed by atoms with Gasteiger partial charge in [-0.15, -0.1) is 0 Å². The first-order valence-corrected chi connectivity index (χ1v) is 6.99. The summed E-state index contributed by atoms with van der Waals surface area (Å²) in [5.74, 6) is -1.05. The Hall–Kier alpha value is -2.34. The van der Waals surface area contributed by atoms with Crippen LogP contribution in [0.25, 0.3) is 10.9 Å². The predicted octanol–water partition coefficient (Wildman–Crippen LogP) is 2.38. The molecule has 3 N–H and O–H groups in total. The summed E-state index contributed by atoms with van der Waals surface area (Å²) in [5, 5.41) is 9.76. The van der Waals surface area contributed by atoms with Crippen LogP contribution < -0.4 is 5.73 Å². The zero-order chi connectivity index (χ0) is 16.5. The smallest absolute Gasteiger partial charge is 0.418 e. The summed E-state index contributed by atoms with van der Waals surface area (Å²) in [6, 6.07) is 6.25. The molecule has 22 heavy (non-hydrogen) atoms. The number of carbonyl (C=O) groups is 2. The van der Waals surface area contributed by atoms with Crippen molar-refractivity contribution in [1.82, 2.24) is 4.57 Å². The van der Waals surface area contributed by atoms with Crippen LogP contribution in [0.5, 0.6) is 0 Å². The third-order valence-corrected chi connectivity index (χ3v) is 3.12. The number of aromatic nitrogens is 1. The normalized spacial score (nSPS) is 13.1. The maximum Gasteiger partial charge on any atom is 0.418 e. The molecular formula is C16H20N2O4. The predicted molar refractivity (Wildman–Crippen MR) is 82.9 cm³/mol. The molecule has 0 amide bonds. The standard InChI is InChI=1S/C16H20N2O4/c1-16(2,3)22-15(21)18-7-6-11-5-4-10(9-13(11)18)8-12(17)14(19)20/h4-7,9,12H,8,17H2,1-3H3,(H,19,20)/t12-/m0/s1. The molecule has 0 bridgehead atoms. The highest BCUT2D eigenvalue weighted by atomic mass is 16.6. The molecule has 2 rings (SSSR count).